The number of methoxy groups -OCH3 is 1. The number of allylic oxidation sites excluding steroid dienone is 1. The number of nitrogens with zero attached hydrogens (tertiary/aromatic N) is 6. The van der Waals surface area contributed by atoms with Crippen LogP contribution in [0.1, 0.15) is 16.8 Å². The maximum Gasteiger partial charge on any atom is 0.265 e. The molecule has 2 aliphatic heterocycles. The molecule has 2 amide bonds. The smallest absolute Gasteiger partial charge is 0.265 e. The lowest BCUT2D eigenvalue weighted by molar-refractivity contribution is -0.121. The van der Waals surface area contributed by atoms with Gasteiger partial charge in [0.2, 0.25) is 11.9 Å². The average Bonchev–Trinajstić information content (AvgIpc) is 3.09. The molecule has 2 aromatic carbocycles. The van der Waals surface area contributed by atoms with Gasteiger partial charge in [-0.15, -0.1) is 6.58 Å². The van der Waals surface area contributed by atoms with Gasteiger partial charge < -0.3 is 24.8 Å². The van der Waals surface area contributed by atoms with E-state index in [2.05, 4.69) is 34.3 Å². The number of benzene rings is 2. The second kappa shape index (κ2) is 12.4. The summed E-state index contributed by atoms with van der Waals surface area (Å²) in [6.45, 7) is 7.63. The summed E-state index contributed by atoms with van der Waals surface area (Å²) in [5.74, 6) is 0.932. The lowest BCUT2D eigenvalue weighted by Gasteiger charge is -2.32. The van der Waals surface area contributed by atoms with Gasteiger partial charge in [-0.3, -0.25) is 15.0 Å². The molecule has 0 saturated carbocycles. The van der Waals surface area contributed by atoms with Crippen LogP contribution < -0.4 is 25.3 Å². The van der Waals surface area contributed by atoms with Crippen molar-refractivity contribution in [3.63, 3.8) is 0 Å². The van der Waals surface area contributed by atoms with E-state index in [1.807, 2.05) is 40.2 Å². The lowest BCUT2D eigenvalue weighted by atomic mass is 10.0. The Hall–Kier alpha value is -4.48. The highest BCUT2D eigenvalue weighted by Gasteiger charge is 2.33. The van der Waals surface area contributed by atoms with Gasteiger partial charge in [-0.25, -0.2) is 9.99 Å². The Bertz CT molecular complexity index is 1410. The van der Waals surface area contributed by atoms with E-state index in [1.54, 1.807) is 49.5 Å². The fourth-order valence-corrected chi connectivity index (χ4v) is 5.03. The minimum absolute atomic E-state index is 0.0130. The van der Waals surface area contributed by atoms with Crippen LogP contribution >= 0.6 is 0 Å². The molecule has 11 heteroatoms. The minimum atomic E-state index is -0.284. The Labute approximate surface area is 240 Å². The van der Waals surface area contributed by atoms with E-state index in [4.69, 9.17) is 9.72 Å². The van der Waals surface area contributed by atoms with Gasteiger partial charge in [0.25, 0.3) is 5.91 Å². The summed E-state index contributed by atoms with van der Waals surface area (Å²) in [6, 6.07) is 15.1. The van der Waals surface area contributed by atoms with Crippen molar-refractivity contribution in [1.82, 2.24) is 25.3 Å². The highest BCUT2D eigenvalue weighted by Crippen LogP contribution is 2.38. The highest BCUT2D eigenvalue weighted by molar-refractivity contribution is 6.00. The van der Waals surface area contributed by atoms with E-state index in [1.165, 1.54) is 0 Å². The first-order valence-corrected chi connectivity index (χ1v) is 13.7. The molecule has 1 unspecified atom stereocenters. The lowest BCUT2D eigenvalue weighted by Crippen LogP contribution is -2.52. The molecule has 3 aromatic rings. The third-order valence-electron chi connectivity index (χ3n) is 7.44. The molecule has 5 rings (SSSR count). The molecule has 2 aliphatic rings. The van der Waals surface area contributed by atoms with Gasteiger partial charge in [-0.1, -0.05) is 24.3 Å². The van der Waals surface area contributed by atoms with Crippen LogP contribution in [0.5, 0.6) is 5.75 Å². The van der Waals surface area contributed by atoms with Crippen molar-refractivity contribution >= 4 is 40.6 Å². The Balaban J connectivity index is 1.42. The van der Waals surface area contributed by atoms with E-state index in [0.717, 1.165) is 31.9 Å². The van der Waals surface area contributed by atoms with Crippen LogP contribution in [0.15, 0.2) is 67.4 Å². The molecule has 0 bridgehead atoms. The number of aromatic nitrogens is 2. The molecule has 1 aromatic heterocycles. The number of anilines is 5. The molecule has 214 valence electrons. The van der Waals surface area contributed by atoms with E-state index >= 15 is 0 Å². The predicted molar refractivity (Wildman–Crippen MR) is 160 cm³/mol. The molecule has 1 saturated heterocycles. The Morgan fingerprint density at radius 2 is 1.88 bits per heavy atom. The zero-order valence-corrected chi connectivity index (χ0v) is 23.7. The normalized spacial score (nSPS) is 17.9. The van der Waals surface area contributed by atoms with Crippen molar-refractivity contribution in [2.45, 2.75) is 6.42 Å². The Kier molecular flexibility index (Phi) is 8.46. The van der Waals surface area contributed by atoms with Crippen LogP contribution in [0.4, 0.5) is 28.8 Å². The quantitative estimate of drug-likeness (QED) is 0.404. The monoisotopic (exact) mass is 556 g/mol. The summed E-state index contributed by atoms with van der Waals surface area (Å²) < 4.78 is 5.62. The van der Waals surface area contributed by atoms with Crippen molar-refractivity contribution in [3.05, 3.63) is 72.9 Å². The number of rotatable bonds is 8. The number of hydrogen-bond acceptors (Lipinski definition) is 9. The predicted octanol–water partition coefficient (Wildman–Crippen LogP) is 3.43. The van der Waals surface area contributed by atoms with E-state index < -0.39 is 0 Å². The number of carbonyl (C=O) groups excluding carboxylic acids is 2. The SMILES string of the molecule is C=CCC1CN(c2ccccc2)c2nc(Nc3ccc(C(=O)NN4CCN(C)CC4)cc3OC)ncc2N(C)C1=O. The van der Waals surface area contributed by atoms with Gasteiger partial charge in [0.1, 0.15) is 11.4 Å². The zero-order chi connectivity index (χ0) is 28.9. The first-order chi connectivity index (χ1) is 19.9. The molecule has 2 N–H and O–H groups in total. The largest absolute Gasteiger partial charge is 0.495 e. The van der Waals surface area contributed by atoms with Crippen molar-refractivity contribution in [3.8, 4) is 5.75 Å². The van der Waals surface area contributed by atoms with Gasteiger partial charge in [0.05, 0.1) is 24.9 Å². The van der Waals surface area contributed by atoms with Crippen LogP contribution in [-0.4, -0.2) is 85.6 Å². The number of nitrogens with one attached hydrogen (secondary N) is 2. The van der Waals surface area contributed by atoms with Crippen LogP contribution in [-0.2, 0) is 4.79 Å². The fraction of sp³-hybridized carbons (Fsp3) is 0.333. The first-order valence-electron chi connectivity index (χ1n) is 13.7. The number of fused-ring (bicyclic) bond motifs is 1. The summed E-state index contributed by atoms with van der Waals surface area (Å²) in [5.41, 5.74) is 5.60. The third-order valence-corrected chi connectivity index (χ3v) is 7.44. The van der Waals surface area contributed by atoms with E-state index in [9.17, 15) is 9.59 Å². The van der Waals surface area contributed by atoms with Crippen molar-refractivity contribution < 1.29 is 14.3 Å². The van der Waals surface area contributed by atoms with Crippen LogP contribution in [0.25, 0.3) is 0 Å². The van der Waals surface area contributed by atoms with Gasteiger partial charge in [-0.05, 0) is 43.8 Å². The van der Waals surface area contributed by atoms with E-state index in [0.29, 0.717) is 47.4 Å². The number of hydrazine groups is 1. The summed E-state index contributed by atoms with van der Waals surface area (Å²) in [5, 5.41) is 5.17. The number of hydrogen-bond donors (Lipinski definition) is 2. The number of carbonyl (C=O) groups is 2. The van der Waals surface area contributed by atoms with Gasteiger partial charge in [0.15, 0.2) is 5.82 Å². The van der Waals surface area contributed by atoms with Crippen LogP contribution in [0.2, 0.25) is 0 Å². The molecule has 11 nitrogen and oxygen atoms in total. The van der Waals surface area contributed by atoms with Crippen molar-refractivity contribution in [2.24, 2.45) is 5.92 Å². The molecule has 0 spiro atoms. The summed E-state index contributed by atoms with van der Waals surface area (Å²) >= 11 is 0. The second-order valence-corrected chi connectivity index (χ2v) is 10.2. The maximum absolute atomic E-state index is 13.3. The summed E-state index contributed by atoms with van der Waals surface area (Å²) in [4.78, 5) is 41.5. The number of piperazine rings is 1. The van der Waals surface area contributed by atoms with Crippen molar-refractivity contribution in [1.29, 1.82) is 0 Å². The number of likely N-dealkylation sites (N-methyl/N-ethyl adjacent to an activating group) is 1. The topological polar surface area (TPSA) is 106 Å². The minimum Gasteiger partial charge on any atom is -0.495 e. The molecule has 1 fully saturated rings. The average molecular weight is 557 g/mol. The molecule has 0 radical (unpaired) electrons. The van der Waals surface area contributed by atoms with Crippen LogP contribution in [0, 0.1) is 5.92 Å². The Morgan fingerprint density at radius 1 is 1.12 bits per heavy atom. The second-order valence-electron chi connectivity index (χ2n) is 10.2. The standard InChI is InChI=1S/C30H36N8O3/c1-5-9-22-20-38(23-10-7-6-8-11-23)27-25(36(3)29(22)40)19-31-30(33-27)32-24-13-12-21(18-26(24)41-4)28(39)34-37-16-14-35(2)15-17-37/h5-8,10-13,18-19,22H,1,9,14-17,20H2,2-4H3,(H,34,39)(H,31,32,33). The summed E-state index contributed by atoms with van der Waals surface area (Å²) in [6.07, 6.45) is 3.97. The molecule has 1 atom stereocenters. The third kappa shape index (κ3) is 6.16. The van der Waals surface area contributed by atoms with Gasteiger partial charge >= 0.3 is 0 Å². The number of ether oxygens (including phenoxy) is 1. The molecular formula is C30H36N8O3. The zero-order valence-electron chi connectivity index (χ0n) is 23.7. The molecule has 0 aliphatic carbocycles. The molecule has 41 heavy (non-hydrogen) atoms. The van der Waals surface area contributed by atoms with Crippen molar-refractivity contribution in [2.75, 3.05) is 69.0 Å². The molecular weight excluding hydrogens is 520 g/mol. The Morgan fingerprint density at radius 3 is 2.59 bits per heavy atom. The highest BCUT2D eigenvalue weighted by atomic mass is 16.5. The summed E-state index contributed by atoms with van der Waals surface area (Å²) in [7, 11) is 5.37. The number of para-hydroxylation sites is 1. The van der Waals surface area contributed by atoms with Gasteiger partial charge in [0, 0.05) is 51.0 Å². The fourth-order valence-electron chi connectivity index (χ4n) is 5.03. The number of amides is 2. The van der Waals surface area contributed by atoms with E-state index in [-0.39, 0.29) is 17.7 Å². The van der Waals surface area contributed by atoms with Gasteiger partial charge in [-0.2, -0.15) is 4.98 Å². The first kappa shape index (κ1) is 28.1. The maximum atomic E-state index is 13.3. The molecule has 3 heterocycles. The van der Waals surface area contributed by atoms with Crippen LogP contribution in [0.3, 0.4) is 0 Å².